The average Bonchev–Trinajstić information content (AvgIpc) is 2.69. The van der Waals surface area contributed by atoms with Crippen molar-refractivity contribution in [3.63, 3.8) is 0 Å². The number of carbonyl (C=O) groups is 1. The Morgan fingerprint density at radius 2 is 2.00 bits per heavy atom. The highest BCUT2D eigenvalue weighted by Crippen LogP contribution is 2.39. The molecule has 0 N–H and O–H groups in total. The number of amides is 1. The molecule has 1 amide bonds. The number of piperidine rings is 1. The fraction of sp³-hybridized carbons (Fsp3) is 0.476. The monoisotopic (exact) mass is 366 g/mol. The summed E-state index contributed by atoms with van der Waals surface area (Å²) in [6.45, 7) is 4.44. The van der Waals surface area contributed by atoms with Gasteiger partial charge in [-0.15, -0.1) is 0 Å². The lowest BCUT2D eigenvalue weighted by Gasteiger charge is -2.52. The van der Waals surface area contributed by atoms with Crippen LogP contribution in [0.15, 0.2) is 42.9 Å². The lowest BCUT2D eigenvalue weighted by Crippen LogP contribution is -2.60. The van der Waals surface area contributed by atoms with Gasteiger partial charge in [0.25, 0.3) is 5.91 Å². The summed E-state index contributed by atoms with van der Waals surface area (Å²) >= 11 is 0. The van der Waals surface area contributed by atoms with Crippen molar-refractivity contribution in [3.05, 3.63) is 59.7 Å². The van der Waals surface area contributed by atoms with E-state index in [2.05, 4.69) is 20.9 Å². The van der Waals surface area contributed by atoms with Gasteiger partial charge in [-0.1, -0.05) is 6.07 Å². The average molecular weight is 366 g/mol. The van der Waals surface area contributed by atoms with Crippen molar-refractivity contribution in [1.29, 1.82) is 0 Å². The summed E-state index contributed by atoms with van der Waals surface area (Å²) in [5, 5.41) is 0. The van der Waals surface area contributed by atoms with Crippen LogP contribution < -0.4 is 0 Å². The highest BCUT2D eigenvalue weighted by Gasteiger charge is 2.44. The first-order chi connectivity index (χ1) is 13.2. The van der Waals surface area contributed by atoms with Gasteiger partial charge in [-0.25, -0.2) is 0 Å². The minimum Gasteiger partial charge on any atom is -0.378 e. The van der Waals surface area contributed by atoms with Gasteiger partial charge in [0, 0.05) is 57.1 Å². The summed E-state index contributed by atoms with van der Waals surface area (Å²) in [5.41, 5.74) is 2.81. The van der Waals surface area contributed by atoms with Gasteiger partial charge in [0.15, 0.2) is 0 Å². The van der Waals surface area contributed by atoms with Crippen LogP contribution in [-0.2, 0) is 4.74 Å². The number of hydrogen-bond acceptors (Lipinski definition) is 5. The van der Waals surface area contributed by atoms with Gasteiger partial charge in [-0.3, -0.25) is 19.7 Å². The van der Waals surface area contributed by atoms with Crippen molar-refractivity contribution < 1.29 is 9.53 Å². The van der Waals surface area contributed by atoms with Crippen molar-refractivity contribution in [2.24, 2.45) is 0 Å². The molecule has 0 bridgehead atoms. The third-order valence-electron chi connectivity index (χ3n) is 5.81. The van der Waals surface area contributed by atoms with E-state index >= 15 is 0 Å². The van der Waals surface area contributed by atoms with Crippen LogP contribution in [0.4, 0.5) is 0 Å². The Bertz CT molecular complexity index is 773. The lowest BCUT2D eigenvalue weighted by molar-refractivity contribution is -0.115. The zero-order valence-electron chi connectivity index (χ0n) is 15.9. The van der Waals surface area contributed by atoms with Crippen LogP contribution in [0.3, 0.4) is 0 Å². The van der Waals surface area contributed by atoms with E-state index in [1.165, 1.54) is 5.56 Å². The summed E-state index contributed by atoms with van der Waals surface area (Å²) in [4.78, 5) is 25.7. The first kappa shape index (κ1) is 18.1. The van der Waals surface area contributed by atoms with Crippen molar-refractivity contribution >= 4 is 5.91 Å². The number of aromatic nitrogens is 2. The van der Waals surface area contributed by atoms with Crippen molar-refractivity contribution in [1.82, 2.24) is 19.8 Å². The molecule has 2 saturated heterocycles. The van der Waals surface area contributed by atoms with Crippen LogP contribution >= 0.6 is 0 Å². The number of carbonyl (C=O) groups excluding carboxylic acids is 1. The minimum atomic E-state index is 0.0862. The number of likely N-dealkylation sites (tertiary alicyclic amines) is 2. The molecule has 2 atom stereocenters. The maximum absolute atomic E-state index is 12.7. The Kier molecular flexibility index (Phi) is 5.18. The van der Waals surface area contributed by atoms with Crippen LogP contribution in [-0.4, -0.2) is 64.6 Å². The number of aryl methyl sites for hydroxylation is 1. The zero-order chi connectivity index (χ0) is 18.8. The fourth-order valence-corrected chi connectivity index (χ4v) is 4.21. The van der Waals surface area contributed by atoms with Gasteiger partial charge in [-0.05, 0) is 43.5 Å². The molecular weight excluding hydrogens is 340 g/mol. The first-order valence-corrected chi connectivity index (χ1v) is 9.58. The first-order valence-electron chi connectivity index (χ1n) is 9.58. The molecule has 4 heterocycles. The van der Waals surface area contributed by atoms with Crippen LogP contribution in [0, 0.1) is 6.92 Å². The SMILES string of the molecule is COC1CN(C2CCN(C(=O)c3ccc(C)nc3)CC2)C1c1cccnc1. The van der Waals surface area contributed by atoms with Gasteiger partial charge in [0.2, 0.25) is 0 Å². The summed E-state index contributed by atoms with van der Waals surface area (Å²) in [7, 11) is 1.78. The Morgan fingerprint density at radius 1 is 1.19 bits per heavy atom. The largest absolute Gasteiger partial charge is 0.378 e. The number of methoxy groups -OCH3 is 1. The van der Waals surface area contributed by atoms with E-state index in [9.17, 15) is 4.79 Å². The summed E-state index contributed by atoms with van der Waals surface area (Å²) in [6.07, 6.45) is 7.61. The highest BCUT2D eigenvalue weighted by atomic mass is 16.5. The standard InChI is InChI=1S/C21H26N4O2/c1-15-5-6-17(13-23-15)21(26)24-10-7-18(8-11-24)25-14-19(27-2)20(25)16-4-3-9-22-12-16/h3-6,9,12-13,18-20H,7-8,10-11,14H2,1-2H3. The predicted molar refractivity (Wildman–Crippen MR) is 102 cm³/mol. The van der Waals surface area contributed by atoms with Gasteiger partial charge < -0.3 is 9.64 Å². The normalized spacial score (nSPS) is 23.9. The number of hydrogen-bond donors (Lipinski definition) is 0. The van der Waals surface area contributed by atoms with Crippen molar-refractivity contribution in [2.75, 3.05) is 26.7 Å². The van der Waals surface area contributed by atoms with Gasteiger partial charge in [-0.2, -0.15) is 0 Å². The molecule has 142 valence electrons. The van der Waals surface area contributed by atoms with Crippen LogP contribution in [0.5, 0.6) is 0 Å². The quantitative estimate of drug-likeness (QED) is 0.832. The minimum absolute atomic E-state index is 0.0862. The molecule has 6 heteroatoms. The van der Waals surface area contributed by atoms with Gasteiger partial charge in [0.1, 0.15) is 0 Å². The number of rotatable bonds is 4. The second-order valence-corrected chi connectivity index (χ2v) is 7.41. The van der Waals surface area contributed by atoms with Crippen LogP contribution in [0.1, 0.15) is 40.5 Å². The number of nitrogens with zero attached hydrogens (tertiary/aromatic N) is 4. The molecule has 4 rings (SSSR count). The van der Waals surface area contributed by atoms with E-state index in [1.807, 2.05) is 36.2 Å². The number of pyridine rings is 2. The second kappa shape index (κ2) is 7.74. The topological polar surface area (TPSA) is 58.6 Å². The fourth-order valence-electron chi connectivity index (χ4n) is 4.21. The molecule has 0 saturated carbocycles. The number of ether oxygens (including phenoxy) is 1. The molecule has 0 spiro atoms. The molecule has 2 aliphatic heterocycles. The van der Waals surface area contributed by atoms with Crippen LogP contribution in [0.25, 0.3) is 0 Å². The Balaban J connectivity index is 1.39. The third-order valence-corrected chi connectivity index (χ3v) is 5.81. The summed E-state index contributed by atoms with van der Waals surface area (Å²) in [6, 6.07) is 8.60. The van der Waals surface area contributed by atoms with E-state index in [4.69, 9.17) is 4.74 Å². The molecule has 0 aromatic carbocycles. The highest BCUT2D eigenvalue weighted by molar-refractivity contribution is 5.94. The molecule has 2 fully saturated rings. The summed E-state index contributed by atoms with van der Waals surface area (Å²) in [5.74, 6) is 0.0862. The lowest BCUT2D eigenvalue weighted by atomic mass is 9.87. The maximum atomic E-state index is 12.7. The van der Waals surface area contributed by atoms with E-state index in [0.29, 0.717) is 11.6 Å². The molecule has 2 aliphatic rings. The molecule has 6 nitrogen and oxygen atoms in total. The summed E-state index contributed by atoms with van der Waals surface area (Å²) < 4.78 is 5.66. The maximum Gasteiger partial charge on any atom is 0.255 e. The Morgan fingerprint density at radius 3 is 2.63 bits per heavy atom. The van der Waals surface area contributed by atoms with E-state index < -0.39 is 0 Å². The van der Waals surface area contributed by atoms with Gasteiger partial charge >= 0.3 is 0 Å². The molecule has 2 unspecified atom stereocenters. The van der Waals surface area contributed by atoms with E-state index in [0.717, 1.165) is 38.2 Å². The predicted octanol–water partition coefficient (Wildman–Crippen LogP) is 2.46. The third kappa shape index (κ3) is 3.59. The Hall–Kier alpha value is -2.31. The van der Waals surface area contributed by atoms with E-state index in [-0.39, 0.29) is 18.1 Å². The van der Waals surface area contributed by atoms with Gasteiger partial charge in [0.05, 0.1) is 17.7 Å². The molecule has 0 radical (unpaired) electrons. The molecule has 2 aromatic heterocycles. The molecule has 0 aliphatic carbocycles. The van der Waals surface area contributed by atoms with Crippen molar-refractivity contribution in [3.8, 4) is 0 Å². The zero-order valence-corrected chi connectivity index (χ0v) is 15.9. The van der Waals surface area contributed by atoms with E-state index in [1.54, 1.807) is 19.5 Å². The second-order valence-electron chi connectivity index (χ2n) is 7.41. The molecular formula is C21H26N4O2. The van der Waals surface area contributed by atoms with Crippen LogP contribution in [0.2, 0.25) is 0 Å². The smallest absolute Gasteiger partial charge is 0.255 e. The van der Waals surface area contributed by atoms with Crippen molar-refractivity contribution in [2.45, 2.75) is 38.0 Å². The molecule has 2 aromatic rings. The Labute approximate surface area is 160 Å². The molecule has 27 heavy (non-hydrogen) atoms.